The Morgan fingerprint density at radius 3 is 2.31 bits per heavy atom. The van der Waals surface area contributed by atoms with E-state index in [2.05, 4.69) is 10.3 Å². The zero-order chi connectivity index (χ0) is 22.7. The molecule has 0 radical (unpaired) electrons. The van der Waals surface area contributed by atoms with Gasteiger partial charge >= 0.3 is 0 Å². The Morgan fingerprint density at radius 2 is 1.66 bits per heavy atom. The molecule has 164 valence electrons. The largest absolute Gasteiger partial charge is 0.465 e. The van der Waals surface area contributed by atoms with Crippen LogP contribution in [-0.4, -0.2) is 15.1 Å². The molecule has 0 fully saturated rings. The third-order valence-corrected chi connectivity index (χ3v) is 6.39. The number of rotatable bonds is 7. The normalized spacial score (nSPS) is 12.0. The van der Waals surface area contributed by atoms with E-state index in [9.17, 15) is 9.00 Å². The number of benzene rings is 2. The quantitative estimate of drug-likeness (QED) is 0.425. The predicted molar refractivity (Wildman–Crippen MR) is 123 cm³/mol. The highest BCUT2D eigenvalue weighted by molar-refractivity contribution is 7.84. The summed E-state index contributed by atoms with van der Waals surface area (Å²) in [5, 5.41) is 2.84. The van der Waals surface area contributed by atoms with Crippen LogP contribution in [0, 0.1) is 20.8 Å². The molecule has 4 rings (SSSR count). The van der Waals surface area contributed by atoms with E-state index in [1.807, 2.05) is 57.2 Å². The van der Waals surface area contributed by atoms with Crippen molar-refractivity contribution in [1.29, 1.82) is 0 Å². The minimum atomic E-state index is -1.21. The van der Waals surface area contributed by atoms with E-state index in [0.717, 1.165) is 21.8 Å². The summed E-state index contributed by atoms with van der Waals surface area (Å²) in [5.41, 5.74) is 3.06. The van der Waals surface area contributed by atoms with Gasteiger partial charge in [0.15, 0.2) is 0 Å². The Balaban J connectivity index is 1.42. The van der Waals surface area contributed by atoms with Crippen molar-refractivity contribution in [2.75, 3.05) is 0 Å². The van der Waals surface area contributed by atoms with E-state index in [-0.39, 0.29) is 11.7 Å². The van der Waals surface area contributed by atoms with Gasteiger partial charge in [0, 0.05) is 16.0 Å². The highest BCUT2D eigenvalue weighted by atomic mass is 32.2. The maximum atomic E-state index is 12.7. The predicted octanol–water partition coefficient (Wildman–Crippen LogP) is 5.10. The summed E-state index contributed by atoms with van der Waals surface area (Å²) in [5.74, 6) is 2.68. The van der Waals surface area contributed by atoms with Crippen molar-refractivity contribution >= 4 is 16.7 Å². The standard InChI is InChI=1S/C25H24N2O4S/c1-16-4-12-22(13-5-16)32(29)15-23-18(3)31-25(27-23)20-9-7-19(8-10-20)24(28)26-14-21-11-6-17(2)30-21/h4-13H,14-15H2,1-3H3,(H,26,28). The minimum Gasteiger partial charge on any atom is -0.465 e. The fraction of sp³-hybridized carbons (Fsp3) is 0.200. The van der Waals surface area contributed by atoms with Crippen molar-refractivity contribution in [3.8, 4) is 11.5 Å². The Morgan fingerprint density at radius 1 is 0.938 bits per heavy atom. The smallest absolute Gasteiger partial charge is 0.251 e. The van der Waals surface area contributed by atoms with Gasteiger partial charge in [-0.05, 0) is 69.3 Å². The Labute approximate surface area is 189 Å². The molecule has 0 saturated carbocycles. The lowest BCUT2D eigenvalue weighted by molar-refractivity contribution is 0.0948. The molecule has 0 aliphatic rings. The SMILES string of the molecule is Cc1ccc(S(=O)Cc2nc(-c3ccc(C(=O)NCc4ccc(C)o4)cc3)oc2C)cc1. The molecule has 0 aliphatic heterocycles. The second-order valence-corrected chi connectivity index (χ2v) is 9.05. The molecule has 0 spiro atoms. The topological polar surface area (TPSA) is 85.3 Å². The van der Waals surface area contributed by atoms with Gasteiger partial charge < -0.3 is 14.2 Å². The molecule has 2 aromatic carbocycles. The first-order valence-electron chi connectivity index (χ1n) is 10.2. The first-order valence-corrected chi connectivity index (χ1v) is 11.6. The van der Waals surface area contributed by atoms with E-state index in [1.54, 1.807) is 24.3 Å². The number of hydrogen-bond acceptors (Lipinski definition) is 5. The van der Waals surface area contributed by atoms with Gasteiger partial charge in [0.25, 0.3) is 5.91 Å². The van der Waals surface area contributed by atoms with Crippen LogP contribution in [0.25, 0.3) is 11.5 Å². The van der Waals surface area contributed by atoms with Gasteiger partial charge in [0.2, 0.25) is 5.89 Å². The van der Waals surface area contributed by atoms with Crippen molar-refractivity contribution < 1.29 is 17.8 Å². The zero-order valence-corrected chi connectivity index (χ0v) is 19.0. The van der Waals surface area contributed by atoms with Crippen molar-refractivity contribution in [1.82, 2.24) is 10.3 Å². The van der Waals surface area contributed by atoms with Gasteiger partial charge in [-0.3, -0.25) is 9.00 Å². The number of nitrogens with one attached hydrogen (secondary N) is 1. The lowest BCUT2D eigenvalue weighted by Gasteiger charge is -2.04. The van der Waals surface area contributed by atoms with Gasteiger partial charge in [-0.15, -0.1) is 0 Å². The number of aryl methyl sites for hydroxylation is 3. The van der Waals surface area contributed by atoms with E-state index in [1.165, 1.54) is 0 Å². The summed E-state index contributed by atoms with van der Waals surface area (Å²) >= 11 is 0. The van der Waals surface area contributed by atoms with Crippen LogP contribution >= 0.6 is 0 Å². The summed E-state index contributed by atoms with van der Waals surface area (Å²) < 4.78 is 24.0. The highest BCUT2D eigenvalue weighted by Crippen LogP contribution is 2.24. The van der Waals surface area contributed by atoms with Gasteiger partial charge in [0.05, 0.1) is 28.8 Å². The second kappa shape index (κ2) is 9.36. The van der Waals surface area contributed by atoms with Crippen molar-refractivity contribution in [3.05, 3.63) is 94.8 Å². The summed E-state index contributed by atoms with van der Waals surface area (Å²) in [4.78, 5) is 17.7. The Kier molecular flexibility index (Phi) is 6.37. The number of oxazole rings is 1. The summed E-state index contributed by atoms with van der Waals surface area (Å²) in [6.07, 6.45) is 0. The molecule has 1 N–H and O–H groups in total. The van der Waals surface area contributed by atoms with Crippen molar-refractivity contribution in [2.45, 2.75) is 38.0 Å². The monoisotopic (exact) mass is 448 g/mol. The lowest BCUT2D eigenvalue weighted by atomic mass is 10.1. The van der Waals surface area contributed by atoms with Crippen molar-refractivity contribution in [2.24, 2.45) is 0 Å². The molecule has 0 aliphatic carbocycles. The first kappa shape index (κ1) is 21.8. The van der Waals surface area contributed by atoms with Crippen LogP contribution in [-0.2, 0) is 23.1 Å². The molecular weight excluding hydrogens is 424 g/mol. The first-order chi connectivity index (χ1) is 15.4. The minimum absolute atomic E-state index is 0.191. The number of amides is 1. The van der Waals surface area contributed by atoms with Crippen LogP contribution in [0.15, 0.2) is 74.4 Å². The van der Waals surface area contributed by atoms with Crippen LogP contribution in [0.4, 0.5) is 0 Å². The van der Waals surface area contributed by atoms with Crippen LogP contribution in [0.2, 0.25) is 0 Å². The molecule has 7 heteroatoms. The number of carbonyl (C=O) groups is 1. The van der Waals surface area contributed by atoms with Crippen LogP contribution in [0.3, 0.4) is 0 Å². The number of hydrogen-bond donors (Lipinski definition) is 1. The van der Waals surface area contributed by atoms with Gasteiger partial charge in [0.1, 0.15) is 17.3 Å². The fourth-order valence-corrected chi connectivity index (χ4v) is 4.32. The number of nitrogens with zero attached hydrogens (tertiary/aromatic N) is 1. The van der Waals surface area contributed by atoms with Crippen LogP contribution < -0.4 is 5.32 Å². The fourth-order valence-electron chi connectivity index (χ4n) is 3.20. The van der Waals surface area contributed by atoms with Crippen LogP contribution in [0.1, 0.15) is 38.9 Å². The summed E-state index contributed by atoms with van der Waals surface area (Å²) in [6.45, 7) is 6.00. The van der Waals surface area contributed by atoms with E-state index in [4.69, 9.17) is 8.83 Å². The van der Waals surface area contributed by atoms with Crippen LogP contribution in [0.5, 0.6) is 0 Å². The average Bonchev–Trinajstić information content (AvgIpc) is 3.37. The lowest BCUT2D eigenvalue weighted by Crippen LogP contribution is -2.22. The highest BCUT2D eigenvalue weighted by Gasteiger charge is 2.16. The third-order valence-electron chi connectivity index (χ3n) is 5.06. The summed E-state index contributed by atoms with van der Waals surface area (Å²) in [7, 11) is -1.21. The Hall–Kier alpha value is -3.45. The number of furan rings is 1. The third kappa shape index (κ3) is 5.06. The molecular formula is C25H24N2O4S. The second-order valence-electron chi connectivity index (χ2n) is 7.60. The van der Waals surface area contributed by atoms with E-state index < -0.39 is 10.8 Å². The number of aromatic nitrogens is 1. The Bertz CT molecular complexity index is 1250. The molecule has 0 bridgehead atoms. The molecule has 1 unspecified atom stereocenters. The maximum Gasteiger partial charge on any atom is 0.251 e. The molecule has 2 aromatic heterocycles. The zero-order valence-electron chi connectivity index (χ0n) is 18.2. The van der Waals surface area contributed by atoms with Gasteiger partial charge in [-0.2, -0.15) is 0 Å². The molecule has 1 amide bonds. The molecule has 4 aromatic rings. The van der Waals surface area contributed by atoms with Gasteiger partial charge in [-0.1, -0.05) is 17.7 Å². The molecule has 32 heavy (non-hydrogen) atoms. The molecule has 1 atom stereocenters. The molecule has 2 heterocycles. The maximum absolute atomic E-state index is 12.7. The van der Waals surface area contributed by atoms with Gasteiger partial charge in [-0.25, -0.2) is 4.98 Å². The van der Waals surface area contributed by atoms with Crippen molar-refractivity contribution in [3.63, 3.8) is 0 Å². The van der Waals surface area contributed by atoms with E-state index >= 15 is 0 Å². The molecule has 0 saturated heterocycles. The average molecular weight is 449 g/mol. The van der Waals surface area contributed by atoms with E-state index in [0.29, 0.717) is 35.2 Å². The summed E-state index contributed by atoms with van der Waals surface area (Å²) in [6, 6.07) is 18.4. The number of carbonyl (C=O) groups excluding carboxylic acids is 1. The molecule has 6 nitrogen and oxygen atoms in total.